The fraction of sp³-hybridized carbons (Fsp3) is 0.136. The van der Waals surface area contributed by atoms with Crippen LogP contribution in [0.4, 0.5) is 4.39 Å². The van der Waals surface area contributed by atoms with Gasteiger partial charge in [-0.1, -0.05) is 18.2 Å². The molecule has 0 atom stereocenters. The average Bonchev–Trinajstić information content (AvgIpc) is 3.41. The van der Waals surface area contributed by atoms with Crippen molar-refractivity contribution >= 4 is 43.4 Å². The minimum Gasteiger partial charge on any atom is -0.454 e. The van der Waals surface area contributed by atoms with Gasteiger partial charge in [-0.3, -0.25) is 4.79 Å². The highest BCUT2D eigenvalue weighted by atomic mass is 79.9. The summed E-state index contributed by atoms with van der Waals surface area (Å²) in [6, 6.07) is 15.9. The maximum atomic E-state index is 13.7. The molecule has 0 radical (unpaired) electrons. The van der Waals surface area contributed by atoms with Crippen molar-refractivity contribution in [3.05, 3.63) is 81.0 Å². The molecule has 0 spiro atoms. The number of carbonyl (C=O) groups is 1. The molecule has 1 amide bonds. The third kappa shape index (κ3) is 3.68. The monoisotopic (exact) mass is 486 g/mol. The molecule has 0 saturated heterocycles. The Morgan fingerprint density at radius 3 is 2.83 bits per heavy atom. The number of halogens is 2. The van der Waals surface area contributed by atoms with E-state index in [1.807, 2.05) is 41.0 Å². The van der Waals surface area contributed by atoms with Gasteiger partial charge in [0.2, 0.25) is 6.79 Å². The van der Waals surface area contributed by atoms with Gasteiger partial charge < -0.3 is 19.4 Å². The minimum absolute atomic E-state index is 0.191. The van der Waals surface area contributed by atoms with Gasteiger partial charge in [-0.25, -0.2) is 4.39 Å². The van der Waals surface area contributed by atoms with Gasteiger partial charge >= 0.3 is 0 Å². The number of hydrogen-bond donors (Lipinski definition) is 1. The van der Waals surface area contributed by atoms with E-state index < -0.39 is 0 Å². The van der Waals surface area contributed by atoms with Crippen LogP contribution in [0.3, 0.4) is 0 Å². The van der Waals surface area contributed by atoms with Crippen molar-refractivity contribution in [2.45, 2.75) is 13.1 Å². The standard InChI is InChI=1S/C22H16BrFN2O3S/c23-21-9-16-20(30-21)8-17(26(16)11-14-2-1-3-15(24)6-14)22(27)25-10-13-4-5-18-19(7-13)29-12-28-18/h1-9H,10-12H2,(H,25,27). The lowest BCUT2D eigenvalue weighted by atomic mass is 10.2. The minimum atomic E-state index is -0.295. The van der Waals surface area contributed by atoms with E-state index in [0.717, 1.165) is 25.1 Å². The summed E-state index contributed by atoms with van der Waals surface area (Å²) < 4.78 is 28.3. The van der Waals surface area contributed by atoms with Gasteiger partial charge in [-0.2, -0.15) is 0 Å². The Labute approximate surface area is 184 Å². The van der Waals surface area contributed by atoms with Crippen molar-refractivity contribution in [1.82, 2.24) is 9.88 Å². The van der Waals surface area contributed by atoms with Crippen molar-refractivity contribution in [3.63, 3.8) is 0 Å². The van der Waals surface area contributed by atoms with E-state index in [1.165, 1.54) is 12.1 Å². The first-order valence-corrected chi connectivity index (χ1v) is 10.9. The Morgan fingerprint density at radius 1 is 1.10 bits per heavy atom. The zero-order valence-corrected chi connectivity index (χ0v) is 18.1. The van der Waals surface area contributed by atoms with Gasteiger partial charge in [0.25, 0.3) is 5.91 Å². The van der Waals surface area contributed by atoms with E-state index in [0.29, 0.717) is 30.3 Å². The fourth-order valence-corrected chi connectivity index (χ4v) is 5.08. The van der Waals surface area contributed by atoms with Gasteiger partial charge in [0.05, 0.1) is 14.0 Å². The van der Waals surface area contributed by atoms with Crippen molar-refractivity contribution < 1.29 is 18.7 Å². The molecule has 1 aliphatic rings. The highest BCUT2D eigenvalue weighted by molar-refractivity contribution is 9.11. The summed E-state index contributed by atoms with van der Waals surface area (Å²) in [5.41, 5.74) is 3.18. The lowest BCUT2D eigenvalue weighted by Crippen LogP contribution is -2.25. The largest absolute Gasteiger partial charge is 0.454 e. The molecule has 2 aromatic heterocycles. The number of ether oxygens (including phenoxy) is 2. The van der Waals surface area contributed by atoms with Gasteiger partial charge in [0, 0.05) is 13.1 Å². The normalized spacial score (nSPS) is 12.5. The topological polar surface area (TPSA) is 52.5 Å². The molecule has 0 saturated carbocycles. The number of aromatic nitrogens is 1. The summed E-state index contributed by atoms with van der Waals surface area (Å²) in [6.45, 7) is 0.972. The number of nitrogens with one attached hydrogen (secondary N) is 1. The highest BCUT2D eigenvalue weighted by Crippen LogP contribution is 2.34. The zero-order valence-electron chi connectivity index (χ0n) is 15.7. The van der Waals surface area contributed by atoms with Crippen LogP contribution in [0.25, 0.3) is 10.2 Å². The van der Waals surface area contributed by atoms with Crippen LogP contribution in [0.1, 0.15) is 21.6 Å². The maximum Gasteiger partial charge on any atom is 0.268 e. The first-order chi connectivity index (χ1) is 14.6. The molecule has 5 nitrogen and oxygen atoms in total. The van der Waals surface area contributed by atoms with Crippen LogP contribution < -0.4 is 14.8 Å². The Hall–Kier alpha value is -2.84. The molecular weight excluding hydrogens is 471 g/mol. The first-order valence-electron chi connectivity index (χ1n) is 9.26. The number of amides is 1. The molecule has 0 bridgehead atoms. The molecule has 2 aromatic carbocycles. The second-order valence-electron chi connectivity index (χ2n) is 6.92. The smallest absolute Gasteiger partial charge is 0.268 e. The van der Waals surface area contributed by atoms with Crippen LogP contribution in [-0.2, 0) is 13.1 Å². The van der Waals surface area contributed by atoms with Crippen molar-refractivity contribution in [2.24, 2.45) is 0 Å². The molecule has 4 aromatic rings. The van der Waals surface area contributed by atoms with E-state index in [-0.39, 0.29) is 18.5 Å². The second-order valence-corrected chi connectivity index (χ2v) is 9.38. The molecule has 30 heavy (non-hydrogen) atoms. The third-order valence-corrected chi connectivity index (χ3v) is 6.49. The number of nitrogens with zero attached hydrogens (tertiary/aromatic N) is 1. The van der Waals surface area contributed by atoms with Crippen LogP contribution in [0.5, 0.6) is 11.5 Å². The first kappa shape index (κ1) is 19.1. The van der Waals surface area contributed by atoms with Gasteiger partial charge in [0.15, 0.2) is 11.5 Å². The number of rotatable bonds is 5. The fourth-order valence-electron chi connectivity index (χ4n) is 3.51. The molecule has 1 N–H and O–H groups in total. The second kappa shape index (κ2) is 7.77. The molecule has 0 aliphatic carbocycles. The summed E-state index contributed by atoms with van der Waals surface area (Å²) in [7, 11) is 0. The SMILES string of the molecule is O=C(NCc1ccc2c(c1)OCO2)c1cc2sc(Br)cc2n1Cc1cccc(F)c1. The number of fused-ring (bicyclic) bond motifs is 2. The van der Waals surface area contributed by atoms with Crippen molar-refractivity contribution in [3.8, 4) is 11.5 Å². The Kier molecular flexibility index (Phi) is 4.96. The van der Waals surface area contributed by atoms with Crippen LogP contribution in [0, 0.1) is 5.82 Å². The summed E-state index contributed by atoms with van der Waals surface area (Å²) in [6.07, 6.45) is 0. The number of benzene rings is 2. The lowest BCUT2D eigenvalue weighted by Gasteiger charge is -2.11. The molecular formula is C22H16BrFN2O3S. The van der Waals surface area contributed by atoms with Crippen molar-refractivity contribution in [1.29, 1.82) is 0 Å². The molecule has 0 unspecified atom stereocenters. The lowest BCUT2D eigenvalue weighted by molar-refractivity contribution is 0.0942. The highest BCUT2D eigenvalue weighted by Gasteiger charge is 2.19. The predicted molar refractivity (Wildman–Crippen MR) is 117 cm³/mol. The van der Waals surface area contributed by atoms with Crippen LogP contribution >= 0.6 is 27.3 Å². The molecule has 152 valence electrons. The number of hydrogen-bond acceptors (Lipinski definition) is 4. The predicted octanol–water partition coefficient (Wildman–Crippen LogP) is 5.31. The van der Waals surface area contributed by atoms with Crippen LogP contribution in [0.2, 0.25) is 0 Å². The van der Waals surface area contributed by atoms with E-state index in [4.69, 9.17) is 9.47 Å². The summed E-state index contributed by atoms with van der Waals surface area (Å²) in [5, 5.41) is 2.97. The molecule has 0 fully saturated rings. The molecule has 3 heterocycles. The molecule has 8 heteroatoms. The quantitative estimate of drug-likeness (QED) is 0.415. The summed E-state index contributed by atoms with van der Waals surface area (Å²) >= 11 is 5.06. The molecule has 1 aliphatic heterocycles. The van der Waals surface area contributed by atoms with Gasteiger partial charge in [-0.05, 0) is 63.5 Å². The van der Waals surface area contributed by atoms with E-state index in [1.54, 1.807) is 17.4 Å². The Bertz CT molecular complexity index is 1270. The van der Waals surface area contributed by atoms with E-state index >= 15 is 0 Å². The average molecular weight is 487 g/mol. The van der Waals surface area contributed by atoms with Crippen molar-refractivity contribution in [2.75, 3.05) is 6.79 Å². The molecule has 5 rings (SSSR count). The zero-order chi connectivity index (χ0) is 20.7. The van der Waals surface area contributed by atoms with Crippen LogP contribution in [0.15, 0.2) is 58.4 Å². The maximum absolute atomic E-state index is 13.7. The van der Waals surface area contributed by atoms with Crippen LogP contribution in [-0.4, -0.2) is 17.3 Å². The number of thiophene rings is 1. The Morgan fingerprint density at radius 2 is 1.97 bits per heavy atom. The third-order valence-electron chi connectivity index (χ3n) is 4.91. The Balaban J connectivity index is 1.41. The van der Waals surface area contributed by atoms with Gasteiger partial charge in [-0.15, -0.1) is 11.3 Å². The summed E-state index contributed by atoms with van der Waals surface area (Å²) in [4.78, 5) is 13.0. The summed E-state index contributed by atoms with van der Waals surface area (Å²) in [5.74, 6) is 0.904. The van der Waals surface area contributed by atoms with E-state index in [2.05, 4.69) is 21.2 Å². The number of carbonyl (C=O) groups excluding carboxylic acids is 1. The van der Waals surface area contributed by atoms with Gasteiger partial charge in [0.1, 0.15) is 11.5 Å². The van der Waals surface area contributed by atoms with E-state index in [9.17, 15) is 9.18 Å².